The average Bonchev–Trinajstić information content (AvgIpc) is 2.98. The lowest BCUT2D eigenvalue weighted by atomic mass is 10.0. The van der Waals surface area contributed by atoms with Gasteiger partial charge < -0.3 is 9.84 Å². The molecule has 2 rings (SSSR count). The molecule has 1 amide bonds. The van der Waals surface area contributed by atoms with Crippen LogP contribution in [0.2, 0.25) is 0 Å². The quantitative estimate of drug-likeness (QED) is 0.867. The van der Waals surface area contributed by atoms with Crippen LogP contribution in [0, 0.1) is 6.92 Å². The minimum atomic E-state index is -0.321. The van der Waals surface area contributed by atoms with Crippen LogP contribution in [0.15, 0.2) is 16.7 Å². The van der Waals surface area contributed by atoms with Crippen LogP contribution in [0.4, 0.5) is 5.82 Å². The first-order chi connectivity index (χ1) is 9.10. The smallest absolute Gasteiger partial charge is 0.279 e. The molecule has 0 saturated heterocycles. The molecule has 2 heterocycles. The number of aromatic nitrogens is 3. The second kappa shape index (κ2) is 5.69. The Labute approximate surface area is 111 Å². The number of H-pyrrole nitrogens is 1. The first kappa shape index (κ1) is 13.3. The molecule has 102 valence electrons. The van der Waals surface area contributed by atoms with E-state index in [9.17, 15) is 4.79 Å². The minimum Gasteiger partial charge on any atom is -0.361 e. The van der Waals surface area contributed by atoms with Gasteiger partial charge in [-0.05, 0) is 19.3 Å². The summed E-state index contributed by atoms with van der Waals surface area (Å²) in [6.07, 6.45) is 2.19. The molecule has 0 radical (unpaired) electrons. The Balaban J connectivity index is 2.02. The fourth-order valence-corrected chi connectivity index (χ4v) is 1.90. The van der Waals surface area contributed by atoms with Gasteiger partial charge in [-0.25, -0.2) is 0 Å². The number of anilines is 1. The Morgan fingerprint density at radius 2 is 2.32 bits per heavy atom. The van der Waals surface area contributed by atoms with E-state index >= 15 is 0 Å². The Bertz CT molecular complexity index is 558. The van der Waals surface area contributed by atoms with Gasteiger partial charge in [-0.3, -0.25) is 9.89 Å². The van der Waals surface area contributed by atoms with E-state index in [4.69, 9.17) is 4.52 Å². The summed E-state index contributed by atoms with van der Waals surface area (Å²) in [7, 11) is 0. The predicted octanol–water partition coefficient (Wildman–Crippen LogP) is 2.86. The van der Waals surface area contributed by atoms with Gasteiger partial charge in [0.15, 0.2) is 11.5 Å². The van der Waals surface area contributed by atoms with Crippen LogP contribution in [-0.4, -0.2) is 21.3 Å². The predicted molar refractivity (Wildman–Crippen MR) is 71.1 cm³/mol. The van der Waals surface area contributed by atoms with Gasteiger partial charge in [-0.1, -0.05) is 25.4 Å². The standard InChI is InChI=1S/C13H18N4O2/c1-4-5-8(2)10-7-12(16-15-10)14-13(18)11-6-9(3)19-17-11/h6-8H,4-5H2,1-3H3,(H2,14,15,16,18). The zero-order valence-corrected chi connectivity index (χ0v) is 11.4. The van der Waals surface area contributed by atoms with Crippen LogP contribution < -0.4 is 5.32 Å². The molecule has 6 heteroatoms. The van der Waals surface area contributed by atoms with E-state index in [1.807, 2.05) is 6.07 Å². The van der Waals surface area contributed by atoms with Gasteiger partial charge in [0.2, 0.25) is 0 Å². The van der Waals surface area contributed by atoms with E-state index in [2.05, 4.69) is 34.5 Å². The van der Waals surface area contributed by atoms with Crippen LogP contribution in [0.5, 0.6) is 0 Å². The normalized spacial score (nSPS) is 12.4. The van der Waals surface area contributed by atoms with Crippen LogP contribution in [0.25, 0.3) is 0 Å². The van der Waals surface area contributed by atoms with Gasteiger partial charge in [0.1, 0.15) is 5.76 Å². The molecule has 0 fully saturated rings. The largest absolute Gasteiger partial charge is 0.361 e. The van der Waals surface area contributed by atoms with E-state index in [1.54, 1.807) is 13.0 Å². The molecule has 1 atom stereocenters. The van der Waals surface area contributed by atoms with Crippen molar-refractivity contribution in [3.8, 4) is 0 Å². The molecule has 2 aromatic rings. The topological polar surface area (TPSA) is 83.8 Å². The fraction of sp³-hybridized carbons (Fsp3) is 0.462. The Hall–Kier alpha value is -2.11. The maximum Gasteiger partial charge on any atom is 0.279 e. The number of aryl methyl sites for hydroxylation is 1. The van der Waals surface area contributed by atoms with Crippen molar-refractivity contribution in [1.82, 2.24) is 15.4 Å². The highest BCUT2D eigenvalue weighted by molar-refractivity contribution is 6.02. The molecule has 0 saturated carbocycles. The zero-order chi connectivity index (χ0) is 13.8. The summed E-state index contributed by atoms with van der Waals surface area (Å²) >= 11 is 0. The number of carbonyl (C=O) groups excluding carboxylic acids is 1. The SMILES string of the molecule is CCCC(C)c1cc(NC(=O)c2cc(C)on2)n[nH]1. The molecule has 0 aliphatic carbocycles. The third-order valence-corrected chi connectivity index (χ3v) is 2.95. The number of carbonyl (C=O) groups is 1. The molecule has 0 bridgehead atoms. The molecular formula is C13H18N4O2. The molecule has 6 nitrogen and oxygen atoms in total. The van der Waals surface area contributed by atoms with Gasteiger partial charge in [-0.2, -0.15) is 5.10 Å². The number of amides is 1. The number of aromatic amines is 1. The summed E-state index contributed by atoms with van der Waals surface area (Å²) < 4.78 is 4.86. The highest BCUT2D eigenvalue weighted by atomic mass is 16.5. The maximum atomic E-state index is 11.8. The van der Waals surface area contributed by atoms with Crippen molar-refractivity contribution < 1.29 is 9.32 Å². The van der Waals surface area contributed by atoms with Crippen molar-refractivity contribution in [3.05, 3.63) is 29.3 Å². The molecule has 0 spiro atoms. The summed E-state index contributed by atoms with van der Waals surface area (Å²) in [6, 6.07) is 3.44. The average molecular weight is 262 g/mol. The number of rotatable bonds is 5. The van der Waals surface area contributed by atoms with E-state index in [1.165, 1.54) is 0 Å². The van der Waals surface area contributed by atoms with E-state index in [0.29, 0.717) is 17.5 Å². The zero-order valence-electron chi connectivity index (χ0n) is 11.4. The highest BCUT2D eigenvalue weighted by Crippen LogP contribution is 2.20. The molecule has 0 aromatic carbocycles. The van der Waals surface area contributed by atoms with E-state index in [0.717, 1.165) is 18.5 Å². The Morgan fingerprint density at radius 1 is 1.53 bits per heavy atom. The summed E-state index contributed by atoms with van der Waals surface area (Å²) in [5.74, 6) is 1.18. The van der Waals surface area contributed by atoms with Crippen LogP contribution >= 0.6 is 0 Å². The van der Waals surface area contributed by atoms with Crippen LogP contribution in [-0.2, 0) is 0 Å². The van der Waals surface area contributed by atoms with E-state index in [-0.39, 0.29) is 11.6 Å². The number of hydrogen-bond donors (Lipinski definition) is 2. The summed E-state index contributed by atoms with van der Waals surface area (Å²) in [4.78, 5) is 11.8. The van der Waals surface area contributed by atoms with Crippen molar-refractivity contribution in [2.75, 3.05) is 5.32 Å². The van der Waals surface area contributed by atoms with Crippen molar-refractivity contribution in [1.29, 1.82) is 0 Å². The molecule has 2 N–H and O–H groups in total. The maximum absolute atomic E-state index is 11.8. The van der Waals surface area contributed by atoms with Gasteiger partial charge in [-0.15, -0.1) is 0 Å². The molecule has 1 unspecified atom stereocenters. The van der Waals surface area contributed by atoms with Crippen LogP contribution in [0.3, 0.4) is 0 Å². The molecule has 19 heavy (non-hydrogen) atoms. The summed E-state index contributed by atoms with van der Waals surface area (Å²) in [5.41, 5.74) is 1.28. The van der Waals surface area contributed by atoms with Gasteiger partial charge in [0, 0.05) is 17.8 Å². The minimum absolute atomic E-state index is 0.253. The monoisotopic (exact) mass is 262 g/mol. The molecule has 0 aliphatic rings. The second-order valence-electron chi connectivity index (χ2n) is 4.68. The van der Waals surface area contributed by atoms with Crippen LogP contribution in [0.1, 0.15) is 54.5 Å². The third-order valence-electron chi connectivity index (χ3n) is 2.95. The number of nitrogens with one attached hydrogen (secondary N) is 2. The van der Waals surface area contributed by atoms with Crippen molar-refractivity contribution in [2.45, 2.75) is 39.5 Å². The number of hydrogen-bond acceptors (Lipinski definition) is 4. The van der Waals surface area contributed by atoms with Gasteiger partial charge in [0.05, 0.1) is 0 Å². The molecule has 0 aliphatic heterocycles. The Morgan fingerprint density at radius 3 is 2.95 bits per heavy atom. The lowest BCUT2D eigenvalue weighted by Gasteiger charge is -2.05. The fourth-order valence-electron chi connectivity index (χ4n) is 1.90. The third kappa shape index (κ3) is 3.21. The van der Waals surface area contributed by atoms with Crippen molar-refractivity contribution in [2.24, 2.45) is 0 Å². The lowest BCUT2D eigenvalue weighted by Crippen LogP contribution is -2.12. The summed E-state index contributed by atoms with van der Waals surface area (Å²) in [6.45, 7) is 6.01. The molecular weight excluding hydrogens is 244 g/mol. The summed E-state index contributed by atoms with van der Waals surface area (Å²) in [5, 5.41) is 13.4. The second-order valence-corrected chi connectivity index (χ2v) is 4.68. The first-order valence-electron chi connectivity index (χ1n) is 6.40. The number of nitrogens with zero attached hydrogens (tertiary/aromatic N) is 2. The van der Waals surface area contributed by atoms with Crippen molar-refractivity contribution in [3.63, 3.8) is 0 Å². The molecule has 2 aromatic heterocycles. The van der Waals surface area contributed by atoms with Crippen molar-refractivity contribution >= 4 is 11.7 Å². The van der Waals surface area contributed by atoms with Gasteiger partial charge >= 0.3 is 0 Å². The lowest BCUT2D eigenvalue weighted by molar-refractivity contribution is 0.101. The Kier molecular flexibility index (Phi) is 3.99. The van der Waals surface area contributed by atoms with Gasteiger partial charge in [0.25, 0.3) is 5.91 Å². The van der Waals surface area contributed by atoms with E-state index < -0.39 is 0 Å². The first-order valence-corrected chi connectivity index (χ1v) is 6.40. The highest BCUT2D eigenvalue weighted by Gasteiger charge is 2.14.